The van der Waals surface area contributed by atoms with Crippen molar-refractivity contribution in [1.82, 2.24) is 0 Å². The average Bonchev–Trinajstić information content (AvgIpc) is 2.33. The molecule has 0 atom stereocenters. The van der Waals surface area contributed by atoms with Crippen LogP contribution in [0, 0.1) is 0 Å². The maximum absolute atomic E-state index is 9.47. The van der Waals surface area contributed by atoms with Gasteiger partial charge in [0.15, 0.2) is 0 Å². The second-order valence-electron chi connectivity index (χ2n) is 7.10. The Bertz CT molecular complexity index is 344. The summed E-state index contributed by atoms with van der Waals surface area (Å²) >= 11 is 0. The van der Waals surface area contributed by atoms with E-state index >= 15 is 0 Å². The molecular formula is C19H34O2. The molecule has 0 fully saturated rings. The van der Waals surface area contributed by atoms with Gasteiger partial charge in [-0.25, -0.2) is 0 Å². The summed E-state index contributed by atoms with van der Waals surface area (Å²) < 4.78 is 0. The van der Waals surface area contributed by atoms with Crippen molar-refractivity contribution in [2.24, 2.45) is 0 Å². The van der Waals surface area contributed by atoms with Crippen LogP contribution in [0.1, 0.15) is 72.3 Å². The summed E-state index contributed by atoms with van der Waals surface area (Å²) in [6, 6.07) is 10.0. The Morgan fingerprint density at radius 2 is 1.38 bits per heavy atom. The molecule has 0 saturated carbocycles. The first-order valence-electron chi connectivity index (χ1n) is 8.13. The van der Waals surface area contributed by atoms with Crippen molar-refractivity contribution >= 4 is 0 Å². The van der Waals surface area contributed by atoms with Crippen LogP contribution in [0.5, 0.6) is 0 Å². The largest absolute Gasteiger partial charge is 0.390 e. The van der Waals surface area contributed by atoms with E-state index in [2.05, 4.69) is 6.92 Å². The maximum atomic E-state index is 9.47. The molecule has 2 N–H and O–H groups in total. The lowest BCUT2D eigenvalue weighted by molar-refractivity contribution is 0.0680. The molecule has 0 spiro atoms. The second-order valence-corrected chi connectivity index (χ2v) is 7.10. The number of rotatable bonds is 7. The van der Waals surface area contributed by atoms with Crippen LogP contribution in [-0.2, 0) is 6.42 Å². The van der Waals surface area contributed by atoms with Gasteiger partial charge in [-0.3, -0.25) is 0 Å². The number of aliphatic hydroxyl groups is 2. The van der Waals surface area contributed by atoms with Gasteiger partial charge in [-0.05, 0) is 39.7 Å². The van der Waals surface area contributed by atoms with Crippen molar-refractivity contribution in [1.29, 1.82) is 0 Å². The average molecular weight is 294 g/mol. The Hall–Kier alpha value is -0.860. The van der Waals surface area contributed by atoms with E-state index in [0.29, 0.717) is 6.42 Å². The molecule has 21 heavy (non-hydrogen) atoms. The Morgan fingerprint density at radius 1 is 0.810 bits per heavy atom. The van der Waals surface area contributed by atoms with E-state index in [1.165, 1.54) is 24.8 Å². The smallest absolute Gasteiger partial charge is 0.0631 e. The van der Waals surface area contributed by atoms with Crippen LogP contribution < -0.4 is 0 Å². The van der Waals surface area contributed by atoms with Gasteiger partial charge in [-0.2, -0.15) is 0 Å². The molecule has 1 rings (SSSR count). The summed E-state index contributed by atoms with van der Waals surface area (Å²) in [5, 5.41) is 18.8. The van der Waals surface area contributed by atoms with E-state index in [1.807, 2.05) is 58.0 Å². The molecule has 0 aliphatic carbocycles. The van der Waals surface area contributed by atoms with E-state index < -0.39 is 11.2 Å². The zero-order valence-corrected chi connectivity index (χ0v) is 14.5. The van der Waals surface area contributed by atoms with Crippen LogP contribution in [0.4, 0.5) is 0 Å². The zero-order chi connectivity index (χ0) is 16.4. The van der Waals surface area contributed by atoms with Crippen molar-refractivity contribution in [3.63, 3.8) is 0 Å². The van der Waals surface area contributed by atoms with Gasteiger partial charge in [-0.1, -0.05) is 62.9 Å². The van der Waals surface area contributed by atoms with Gasteiger partial charge >= 0.3 is 0 Å². The highest BCUT2D eigenvalue weighted by Crippen LogP contribution is 2.13. The first-order chi connectivity index (χ1) is 9.64. The van der Waals surface area contributed by atoms with E-state index in [0.717, 1.165) is 12.8 Å². The second kappa shape index (κ2) is 9.97. The summed E-state index contributed by atoms with van der Waals surface area (Å²) in [4.78, 5) is 0. The lowest BCUT2D eigenvalue weighted by Crippen LogP contribution is -2.21. The standard InChI is InChI=1S/C10H14O.C9H20O/c1-10(2,11)8-9-6-4-3-5-7-9;1-4-5-6-7-8-9(2,3)10/h3-7,11H,8H2,1-2H3;10H,4-8H2,1-3H3. The molecule has 0 bridgehead atoms. The molecule has 1 aromatic rings. The van der Waals surface area contributed by atoms with Crippen LogP contribution in [0.25, 0.3) is 0 Å². The third-order valence-corrected chi connectivity index (χ3v) is 3.12. The number of unbranched alkanes of at least 4 members (excludes halogenated alkanes) is 3. The summed E-state index contributed by atoms with van der Waals surface area (Å²) in [5.74, 6) is 0. The van der Waals surface area contributed by atoms with Gasteiger partial charge in [0.2, 0.25) is 0 Å². The monoisotopic (exact) mass is 294 g/mol. The van der Waals surface area contributed by atoms with Gasteiger partial charge in [0.25, 0.3) is 0 Å². The summed E-state index contributed by atoms with van der Waals surface area (Å²) in [6.07, 6.45) is 6.65. The molecular weight excluding hydrogens is 260 g/mol. The molecule has 2 heteroatoms. The topological polar surface area (TPSA) is 40.5 Å². The molecule has 0 heterocycles. The molecule has 0 aliphatic heterocycles. The van der Waals surface area contributed by atoms with Crippen LogP contribution in [0.15, 0.2) is 30.3 Å². The van der Waals surface area contributed by atoms with E-state index in [4.69, 9.17) is 0 Å². The van der Waals surface area contributed by atoms with Gasteiger partial charge in [0.1, 0.15) is 0 Å². The predicted octanol–water partition coefficient (Wildman–Crippen LogP) is 4.73. The van der Waals surface area contributed by atoms with Crippen molar-refractivity contribution in [2.45, 2.75) is 84.3 Å². The molecule has 0 aromatic heterocycles. The van der Waals surface area contributed by atoms with Crippen molar-refractivity contribution < 1.29 is 10.2 Å². The summed E-state index contributed by atoms with van der Waals surface area (Å²) in [6.45, 7) is 9.59. The van der Waals surface area contributed by atoms with E-state index in [1.54, 1.807) is 0 Å². The molecule has 122 valence electrons. The Labute approximate surface area is 131 Å². The van der Waals surface area contributed by atoms with Crippen LogP contribution >= 0.6 is 0 Å². The first kappa shape index (κ1) is 20.1. The fourth-order valence-electron chi connectivity index (χ4n) is 2.08. The minimum absolute atomic E-state index is 0.451. The Morgan fingerprint density at radius 3 is 1.81 bits per heavy atom. The molecule has 2 nitrogen and oxygen atoms in total. The normalized spacial score (nSPS) is 11.8. The van der Waals surface area contributed by atoms with Crippen LogP contribution in [0.2, 0.25) is 0 Å². The number of benzene rings is 1. The highest BCUT2D eigenvalue weighted by atomic mass is 16.3. The van der Waals surface area contributed by atoms with Gasteiger partial charge in [0, 0.05) is 6.42 Å². The van der Waals surface area contributed by atoms with Crippen molar-refractivity contribution in [3.05, 3.63) is 35.9 Å². The third-order valence-electron chi connectivity index (χ3n) is 3.12. The van der Waals surface area contributed by atoms with Crippen molar-refractivity contribution in [3.8, 4) is 0 Å². The third kappa shape index (κ3) is 15.3. The van der Waals surface area contributed by atoms with Gasteiger partial charge in [0.05, 0.1) is 11.2 Å². The Balaban J connectivity index is 0.000000384. The molecule has 0 amide bonds. The summed E-state index contributed by atoms with van der Waals surface area (Å²) in [5.41, 5.74) is 0.134. The highest BCUT2D eigenvalue weighted by molar-refractivity contribution is 5.16. The van der Waals surface area contributed by atoms with Crippen LogP contribution in [0.3, 0.4) is 0 Å². The number of hydrogen-bond donors (Lipinski definition) is 2. The Kier molecular flexibility index (Phi) is 9.56. The molecule has 0 unspecified atom stereocenters. The van der Waals surface area contributed by atoms with Crippen LogP contribution in [-0.4, -0.2) is 21.4 Å². The van der Waals surface area contributed by atoms with E-state index in [9.17, 15) is 10.2 Å². The fraction of sp³-hybridized carbons (Fsp3) is 0.684. The number of hydrogen-bond acceptors (Lipinski definition) is 2. The maximum Gasteiger partial charge on any atom is 0.0631 e. The predicted molar refractivity (Wildman–Crippen MR) is 91.5 cm³/mol. The lowest BCUT2D eigenvalue weighted by Gasteiger charge is -2.16. The minimum Gasteiger partial charge on any atom is -0.390 e. The zero-order valence-electron chi connectivity index (χ0n) is 14.5. The minimum atomic E-state index is -0.596. The highest BCUT2D eigenvalue weighted by Gasteiger charge is 2.12. The summed E-state index contributed by atoms with van der Waals surface area (Å²) in [7, 11) is 0. The molecule has 0 radical (unpaired) electrons. The quantitative estimate of drug-likeness (QED) is 0.714. The fourth-order valence-corrected chi connectivity index (χ4v) is 2.08. The molecule has 0 saturated heterocycles. The van der Waals surface area contributed by atoms with Gasteiger partial charge < -0.3 is 10.2 Å². The SMILES string of the molecule is CC(C)(O)Cc1ccccc1.CCCCCCC(C)(C)O. The van der Waals surface area contributed by atoms with Gasteiger partial charge in [-0.15, -0.1) is 0 Å². The first-order valence-corrected chi connectivity index (χ1v) is 8.13. The molecule has 0 aliphatic rings. The van der Waals surface area contributed by atoms with Crippen molar-refractivity contribution in [2.75, 3.05) is 0 Å². The lowest BCUT2D eigenvalue weighted by atomic mass is 9.99. The molecule has 1 aromatic carbocycles. The van der Waals surface area contributed by atoms with E-state index in [-0.39, 0.29) is 0 Å².